The van der Waals surface area contributed by atoms with Gasteiger partial charge >= 0.3 is 0 Å². The van der Waals surface area contributed by atoms with Crippen LogP contribution in [0.25, 0.3) is 11.1 Å². The van der Waals surface area contributed by atoms with Crippen LogP contribution in [0.1, 0.15) is 37.7 Å². The second-order valence-electron chi connectivity index (χ2n) is 6.21. The first-order chi connectivity index (χ1) is 10.4. The minimum Gasteiger partial charge on any atom is -0.225 e. The maximum absolute atomic E-state index is 11.3. The smallest absolute Gasteiger partial charge is 0.225 e. The first-order valence-electron chi connectivity index (χ1n) is 7.68. The minimum atomic E-state index is -3.63. The zero-order valence-corrected chi connectivity index (χ0v) is 13.5. The summed E-state index contributed by atoms with van der Waals surface area (Å²) >= 11 is 0. The molecule has 1 saturated carbocycles. The Labute approximate surface area is 132 Å². The molecule has 0 spiro atoms. The first kappa shape index (κ1) is 15.3. The molecular weight excluding hydrogens is 294 g/mol. The topological polar surface area (TPSA) is 60.2 Å². The summed E-state index contributed by atoms with van der Waals surface area (Å²) in [5.74, 6) is 1.44. The van der Waals surface area contributed by atoms with Crippen molar-refractivity contribution in [1.29, 1.82) is 0 Å². The van der Waals surface area contributed by atoms with E-state index in [-0.39, 0.29) is 4.90 Å². The van der Waals surface area contributed by atoms with Gasteiger partial charge in [-0.05, 0) is 47.1 Å². The maximum Gasteiger partial charge on any atom is 0.238 e. The van der Waals surface area contributed by atoms with E-state index >= 15 is 0 Å². The van der Waals surface area contributed by atoms with Crippen molar-refractivity contribution in [3.63, 3.8) is 0 Å². The van der Waals surface area contributed by atoms with Crippen molar-refractivity contribution in [2.45, 2.75) is 37.0 Å². The summed E-state index contributed by atoms with van der Waals surface area (Å²) in [6.07, 6.45) is 3.92. The molecule has 2 N–H and O–H groups in total. The van der Waals surface area contributed by atoms with Gasteiger partial charge in [0.1, 0.15) is 0 Å². The van der Waals surface area contributed by atoms with Gasteiger partial charge in [-0.3, -0.25) is 0 Å². The van der Waals surface area contributed by atoms with Gasteiger partial charge in [0.05, 0.1) is 4.90 Å². The Morgan fingerprint density at radius 1 is 0.909 bits per heavy atom. The number of hydrogen-bond acceptors (Lipinski definition) is 2. The van der Waals surface area contributed by atoms with Gasteiger partial charge in [-0.25, -0.2) is 13.6 Å². The standard InChI is InChI=1S/C18H21NO2S/c1-13-3-2-4-18(13)16-7-5-14(6-8-16)15-9-11-17(12-10-15)22(19,20)21/h5-13,18H,2-4H2,1H3,(H2,19,20,21)/t13-,18+/m0/s1. The van der Waals surface area contributed by atoms with Crippen LogP contribution >= 0.6 is 0 Å². The Bertz CT molecular complexity index is 749. The molecule has 1 aliphatic rings. The Morgan fingerprint density at radius 3 is 1.91 bits per heavy atom. The van der Waals surface area contributed by atoms with E-state index in [0.717, 1.165) is 17.0 Å². The number of benzene rings is 2. The molecule has 116 valence electrons. The van der Waals surface area contributed by atoms with Gasteiger partial charge < -0.3 is 0 Å². The molecule has 0 saturated heterocycles. The van der Waals surface area contributed by atoms with Crippen molar-refractivity contribution in [3.8, 4) is 11.1 Å². The van der Waals surface area contributed by atoms with E-state index in [9.17, 15) is 8.42 Å². The highest BCUT2D eigenvalue weighted by atomic mass is 32.2. The van der Waals surface area contributed by atoms with E-state index in [1.165, 1.54) is 24.8 Å². The number of nitrogens with two attached hydrogens (primary N) is 1. The molecule has 0 heterocycles. The molecule has 2 atom stereocenters. The van der Waals surface area contributed by atoms with Crippen molar-refractivity contribution in [1.82, 2.24) is 0 Å². The van der Waals surface area contributed by atoms with Crippen molar-refractivity contribution in [3.05, 3.63) is 54.1 Å². The fourth-order valence-corrected chi connectivity index (χ4v) is 3.92. The molecule has 4 heteroatoms. The van der Waals surface area contributed by atoms with Crippen LogP contribution in [0, 0.1) is 5.92 Å². The van der Waals surface area contributed by atoms with E-state index in [0.29, 0.717) is 5.92 Å². The molecule has 0 amide bonds. The third kappa shape index (κ3) is 3.08. The monoisotopic (exact) mass is 315 g/mol. The molecule has 2 aromatic rings. The van der Waals surface area contributed by atoms with Crippen LogP contribution in [0.15, 0.2) is 53.4 Å². The number of hydrogen-bond donors (Lipinski definition) is 1. The summed E-state index contributed by atoms with van der Waals surface area (Å²) in [7, 11) is -3.63. The maximum atomic E-state index is 11.3. The molecule has 0 unspecified atom stereocenters. The van der Waals surface area contributed by atoms with Crippen LogP contribution in [0.3, 0.4) is 0 Å². The fourth-order valence-electron chi connectivity index (χ4n) is 3.40. The quantitative estimate of drug-likeness (QED) is 0.933. The fraction of sp³-hybridized carbons (Fsp3) is 0.333. The summed E-state index contributed by atoms with van der Waals surface area (Å²) in [5.41, 5.74) is 3.50. The van der Waals surface area contributed by atoms with Crippen molar-refractivity contribution < 1.29 is 8.42 Å². The minimum absolute atomic E-state index is 0.146. The molecule has 2 aromatic carbocycles. The molecule has 1 fully saturated rings. The Morgan fingerprint density at radius 2 is 1.45 bits per heavy atom. The Kier molecular flexibility index (Phi) is 4.06. The zero-order chi connectivity index (χ0) is 15.7. The van der Waals surface area contributed by atoms with Crippen LogP contribution in [0.2, 0.25) is 0 Å². The summed E-state index contributed by atoms with van der Waals surface area (Å²) < 4.78 is 22.6. The molecule has 0 aromatic heterocycles. The number of primary sulfonamides is 1. The zero-order valence-electron chi connectivity index (χ0n) is 12.7. The van der Waals surface area contributed by atoms with E-state index in [2.05, 4.69) is 31.2 Å². The van der Waals surface area contributed by atoms with Crippen molar-refractivity contribution >= 4 is 10.0 Å². The summed E-state index contributed by atoms with van der Waals surface area (Å²) in [5, 5.41) is 5.12. The first-order valence-corrected chi connectivity index (χ1v) is 9.23. The van der Waals surface area contributed by atoms with Crippen LogP contribution in [-0.2, 0) is 10.0 Å². The molecule has 0 bridgehead atoms. The van der Waals surface area contributed by atoms with E-state index in [4.69, 9.17) is 5.14 Å². The number of rotatable bonds is 3. The van der Waals surface area contributed by atoms with Gasteiger partial charge in [-0.1, -0.05) is 56.2 Å². The third-order valence-corrected chi connectivity index (χ3v) is 5.65. The van der Waals surface area contributed by atoms with E-state index in [1.54, 1.807) is 24.3 Å². The van der Waals surface area contributed by atoms with Gasteiger partial charge in [0.25, 0.3) is 0 Å². The van der Waals surface area contributed by atoms with Crippen LogP contribution in [0.5, 0.6) is 0 Å². The van der Waals surface area contributed by atoms with Gasteiger partial charge in [-0.2, -0.15) is 0 Å². The van der Waals surface area contributed by atoms with Crippen LogP contribution < -0.4 is 5.14 Å². The number of sulfonamides is 1. The van der Waals surface area contributed by atoms with Crippen molar-refractivity contribution in [2.24, 2.45) is 11.1 Å². The van der Waals surface area contributed by atoms with Crippen LogP contribution in [-0.4, -0.2) is 8.42 Å². The predicted molar refractivity (Wildman–Crippen MR) is 89.0 cm³/mol. The molecule has 1 aliphatic carbocycles. The molecule has 3 rings (SSSR count). The van der Waals surface area contributed by atoms with E-state index in [1.807, 2.05) is 0 Å². The SMILES string of the molecule is C[C@H]1CCC[C@H]1c1ccc(-c2ccc(S(N)(=O)=O)cc2)cc1. The van der Waals surface area contributed by atoms with Gasteiger partial charge in [-0.15, -0.1) is 0 Å². The van der Waals surface area contributed by atoms with Crippen molar-refractivity contribution in [2.75, 3.05) is 0 Å². The predicted octanol–water partition coefficient (Wildman–Crippen LogP) is 3.90. The summed E-state index contributed by atoms with van der Waals surface area (Å²) in [6, 6.07) is 15.3. The highest BCUT2D eigenvalue weighted by molar-refractivity contribution is 7.89. The largest absolute Gasteiger partial charge is 0.238 e. The third-order valence-electron chi connectivity index (χ3n) is 4.72. The van der Waals surface area contributed by atoms with Gasteiger partial charge in [0, 0.05) is 0 Å². The average molecular weight is 315 g/mol. The molecular formula is C18H21NO2S. The highest BCUT2D eigenvalue weighted by Gasteiger charge is 2.24. The lowest BCUT2D eigenvalue weighted by atomic mass is 9.89. The second-order valence-corrected chi connectivity index (χ2v) is 7.77. The lowest BCUT2D eigenvalue weighted by molar-refractivity contribution is 0.533. The second kappa shape index (κ2) is 5.86. The molecule has 0 radical (unpaired) electrons. The molecule has 3 nitrogen and oxygen atoms in total. The molecule has 0 aliphatic heterocycles. The van der Waals surface area contributed by atoms with Gasteiger partial charge in [0.15, 0.2) is 0 Å². The molecule has 22 heavy (non-hydrogen) atoms. The summed E-state index contributed by atoms with van der Waals surface area (Å²) in [6.45, 7) is 2.33. The van der Waals surface area contributed by atoms with E-state index < -0.39 is 10.0 Å². The van der Waals surface area contributed by atoms with Gasteiger partial charge in [0.2, 0.25) is 10.0 Å². The average Bonchev–Trinajstić information content (AvgIpc) is 2.93. The summed E-state index contributed by atoms with van der Waals surface area (Å²) in [4.78, 5) is 0.146. The van der Waals surface area contributed by atoms with Crippen LogP contribution in [0.4, 0.5) is 0 Å². The Hall–Kier alpha value is -1.65. The lowest BCUT2D eigenvalue weighted by Gasteiger charge is -2.16. The normalized spacial score (nSPS) is 21.9. The Balaban J connectivity index is 1.84. The highest BCUT2D eigenvalue weighted by Crippen LogP contribution is 2.39. The lowest BCUT2D eigenvalue weighted by Crippen LogP contribution is -2.11.